The van der Waals surface area contributed by atoms with Gasteiger partial charge in [-0.2, -0.15) is 0 Å². The Balaban J connectivity index is 2.89. The number of nitrogens with two attached hydrogens (primary N) is 1. The molecule has 3 N–H and O–H groups in total. The van der Waals surface area contributed by atoms with Gasteiger partial charge in [0.2, 0.25) is 0 Å². The van der Waals surface area contributed by atoms with E-state index < -0.39 is 0 Å². The molecule has 0 aromatic heterocycles. The smallest absolute Gasteiger partial charge is 0.168 e. The van der Waals surface area contributed by atoms with E-state index >= 15 is 0 Å². The minimum atomic E-state index is 0.301. The molecule has 1 rings (SSSR count). The number of hydrogen-bond acceptors (Lipinski definition) is 1. The fourth-order valence-corrected chi connectivity index (χ4v) is 1.45. The molecule has 0 aliphatic rings. The molecular formula is C8H9IN2S. The Morgan fingerprint density at radius 1 is 1.58 bits per heavy atom. The first-order valence-electron chi connectivity index (χ1n) is 3.42. The van der Waals surface area contributed by atoms with Crippen LogP contribution in [-0.2, 0) is 0 Å². The maximum absolute atomic E-state index is 5.33. The first kappa shape index (κ1) is 9.73. The van der Waals surface area contributed by atoms with E-state index in [1.807, 2.05) is 18.2 Å². The average Bonchev–Trinajstić information content (AvgIpc) is 1.96. The Bertz CT molecular complexity index is 312. The Morgan fingerprint density at radius 2 is 2.25 bits per heavy atom. The highest BCUT2D eigenvalue weighted by Crippen LogP contribution is 2.16. The molecule has 1 aromatic carbocycles. The molecule has 0 unspecified atom stereocenters. The van der Waals surface area contributed by atoms with Crippen molar-refractivity contribution in [3.05, 3.63) is 27.3 Å². The summed E-state index contributed by atoms with van der Waals surface area (Å²) in [5.41, 5.74) is 7.53. The van der Waals surface area contributed by atoms with Crippen molar-refractivity contribution >= 4 is 45.6 Å². The van der Waals surface area contributed by atoms with Gasteiger partial charge in [-0.05, 0) is 59.4 Å². The van der Waals surface area contributed by atoms with E-state index in [9.17, 15) is 0 Å². The summed E-state index contributed by atoms with van der Waals surface area (Å²) in [4.78, 5) is 0. The highest BCUT2D eigenvalue weighted by molar-refractivity contribution is 14.1. The predicted molar refractivity (Wildman–Crippen MR) is 64.3 cm³/mol. The van der Waals surface area contributed by atoms with Crippen LogP contribution in [0.2, 0.25) is 0 Å². The number of halogens is 1. The minimum Gasteiger partial charge on any atom is -0.376 e. The summed E-state index contributed by atoms with van der Waals surface area (Å²) in [6, 6.07) is 5.99. The summed E-state index contributed by atoms with van der Waals surface area (Å²) in [5, 5.41) is 3.18. The average molecular weight is 292 g/mol. The molecule has 0 fully saturated rings. The lowest BCUT2D eigenvalue weighted by Gasteiger charge is -2.05. The van der Waals surface area contributed by atoms with Crippen molar-refractivity contribution in [3.63, 3.8) is 0 Å². The second kappa shape index (κ2) is 4.04. The minimum absolute atomic E-state index is 0.301. The highest BCUT2D eigenvalue weighted by Gasteiger charge is 1.96. The molecule has 0 aliphatic heterocycles. The molecule has 0 saturated carbocycles. The van der Waals surface area contributed by atoms with Crippen LogP contribution in [0.4, 0.5) is 5.69 Å². The quantitative estimate of drug-likeness (QED) is 0.616. The number of hydrogen-bond donors (Lipinski definition) is 2. The van der Waals surface area contributed by atoms with E-state index in [1.165, 1.54) is 9.13 Å². The summed E-state index contributed by atoms with van der Waals surface area (Å²) in [6.45, 7) is 2.06. The van der Waals surface area contributed by atoms with Gasteiger partial charge < -0.3 is 11.1 Å². The predicted octanol–water partition coefficient (Wildman–Crippen LogP) is 2.26. The number of nitrogens with one attached hydrogen (secondary N) is 1. The van der Waals surface area contributed by atoms with E-state index in [-0.39, 0.29) is 0 Å². The molecule has 0 saturated heterocycles. The van der Waals surface area contributed by atoms with Crippen LogP contribution >= 0.6 is 34.8 Å². The fourth-order valence-electron chi connectivity index (χ4n) is 0.813. The van der Waals surface area contributed by atoms with Crippen LogP contribution in [0.5, 0.6) is 0 Å². The summed E-state index contributed by atoms with van der Waals surface area (Å²) >= 11 is 6.99. The zero-order valence-electron chi connectivity index (χ0n) is 6.60. The van der Waals surface area contributed by atoms with Crippen molar-refractivity contribution in [1.29, 1.82) is 0 Å². The van der Waals surface area contributed by atoms with Gasteiger partial charge in [0.05, 0.1) is 0 Å². The van der Waals surface area contributed by atoms with Crippen molar-refractivity contribution in [1.82, 2.24) is 0 Å². The van der Waals surface area contributed by atoms with Gasteiger partial charge in [0, 0.05) is 9.26 Å². The second-order valence-electron chi connectivity index (χ2n) is 2.45. The molecule has 1 aromatic rings. The van der Waals surface area contributed by atoms with Crippen molar-refractivity contribution in [2.45, 2.75) is 6.92 Å². The highest BCUT2D eigenvalue weighted by atomic mass is 127. The van der Waals surface area contributed by atoms with Crippen molar-refractivity contribution in [2.75, 3.05) is 5.32 Å². The van der Waals surface area contributed by atoms with Gasteiger partial charge in [-0.25, -0.2) is 0 Å². The van der Waals surface area contributed by atoms with Crippen LogP contribution < -0.4 is 11.1 Å². The normalized spacial score (nSPS) is 9.50. The van der Waals surface area contributed by atoms with E-state index in [1.54, 1.807) is 0 Å². The molecule has 12 heavy (non-hydrogen) atoms. The van der Waals surface area contributed by atoms with Gasteiger partial charge in [-0.1, -0.05) is 6.07 Å². The van der Waals surface area contributed by atoms with Crippen molar-refractivity contribution in [2.24, 2.45) is 5.73 Å². The van der Waals surface area contributed by atoms with Gasteiger partial charge in [-0.15, -0.1) is 0 Å². The fraction of sp³-hybridized carbons (Fsp3) is 0.125. The van der Waals surface area contributed by atoms with E-state index in [4.69, 9.17) is 18.0 Å². The van der Waals surface area contributed by atoms with Crippen LogP contribution in [-0.4, -0.2) is 5.11 Å². The zero-order valence-corrected chi connectivity index (χ0v) is 9.57. The first-order valence-corrected chi connectivity index (χ1v) is 4.91. The lowest BCUT2D eigenvalue weighted by molar-refractivity contribution is 1.42. The Hall–Kier alpha value is -0.360. The van der Waals surface area contributed by atoms with E-state index in [0.717, 1.165) is 5.69 Å². The molecule has 0 atom stereocenters. The lowest BCUT2D eigenvalue weighted by atomic mass is 10.2. The van der Waals surface area contributed by atoms with Gasteiger partial charge in [0.1, 0.15) is 0 Å². The summed E-state index contributed by atoms with van der Waals surface area (Å²) in [7, 11) is 0. The molecule has 0 amide bonds. The molecule has 0 radical (unpaired) electrons. The SMILES string of the molecule is Cc1ccc(NC(N)=S)cc1I. The topological polar surface area (TPSA) is 38.0 Å². The molecule has 0 aliphatic carbocycles. The van der Waals surface area contributed by atoms with Crippen LogP contribution in [0.25, 0.3) is 0 Å². The number of benzene rings is 1. The summed E-state index contributed by atoms with van der Waals surface area (Å²) in [5.74, 6) is 0. The Morgan fingerprint density at radius 3 is 2.75 bits per heavy atom. The van der Waals surface area contributed by atoms with E-state index in [2.05, 4.69) is 34.8 Å². The van der Waals surface area contributed by atoms with Gasteiger partial charge >= 0.3 is 0 Å². The number of thiocarbonyl (C=S) groups is 1. The molecule has 0 heterocycles. The summed E-state index contributed by atoms with van der Waals surface area (Å²) < 4.78 is 1.20. The van der Waals surface area contributed by atoms with Crippen LogP contribution in [0.3, 0.4) is 0 Å². The van der Waals surface area contributed by atoms with E-state index in [0.29, 0.717) is 5.11 Å². The summed E-state index contributed by atoms with van der Waals surface area (Å²) in [6.07, 6.45) is 0. The Labute approximate surface area is 90.7 Å². The molecule has 2 nitrogen and oxygen atoms in total. The van der Waals surface area contributed by atoms with Gasteiger partial charge in [0.25, 0.3) is 0 Å². The van der Waals surface area contributed by atoms with Crippen LogP contribution in [0.15, 0.2) is 18.2 Å². The zero-order chi connectivity index (χ0) is 9.14. The Kier molecular flexibility index (Phi) is 3.28. The third-order valence-corrected chi connectivity index (χ3v) is 2.70. The standard InChI is InChI=1S/C8H9IN2S/c1-5-2-3-6(4-7(5)9)11-8(10)12/h2-4H,1H3,(H3,10,11,12). The maximum Gasteiger partial charge on any atom is 0.168 e. The lowest BCUT2D eigenvalue weighted by Crippen LogP contribution is -2.18. The molecule has 64 valence electrons. The monoisotopic (exact) mass is 292 g/mol. The molecule has 4 heteroatoms. The number of anilines is 1. The van der Waals surface area contributed by atoms with Crippen molar-refractivity contribution < 1.29 is 0 Å². The number of aryl methyl sites for hydroxylation is 1. The number of rotatable bonds is 1. The van der Waals surface area contributed by atoms with Crippen LogP contribution in [0, 0.1) is 10.5 Å². The van der Waals surface area contributed by atoms with Crippen molar-refractivity contribution in [3.8, 4) is 0 Å². The molecule has 0 bridgehead atoms. The largest absolute Gasteiger partial charge is 0.376 e. The van der Waals surface area contributed by atoms with Crippen LogP contribution in [0.1, 0.15) is 5.56 Å². The molecular weight excluding hydrogens is 283 g/mol. The third-order valence-electron chi connectivity index (χ3n) is 1.44. The second-order valence-corrected chi connectivity index (χ2v) is 4.06. The maximum atomic E-state index is 5.33. The third kappa shape index (κ3) is 2.60. The van der Waals surface area contributed by atoms with Gasteiger partial charge in [-0.3, -0.25) is 0 Å². The van der Waals surface area contributed by atoms with Gasteiger partial charge in [0.15, 0.2) is 5.11 Å². The first-order chi connectivity index (χ1) is 5.59. The molecule has 0 spiro atoms.